The van der Waals surface area contributed by atoms with Crippen LogP contribution in [-0.2, 0) is 9.53 Å². The molecule has 0 aliphatic rings. The second-order valence-corrected chi connectivity index (χ2v) is 3.40. The van der Waals surface area contributed by atoms with Gasteiger partial charge in [0.1, 0.15) is 0 Å². The number of hydrogen-bond acceptors (Lipinski definition) is 2. The predicted molar refractivity (Wildman–Crippen MR) is 69.7 cm³/mol. The van der Waals surface area contributed by atoms with Crippen LogP contribution in [0.15, 0.2) is 24.3 Å². The number of rotatable bonds is 2. The highest BCUT2D eigenvalue weighted by atomic mass is 16.5. The van der Waals surface area contributed by atoms with Crippen LogP contribution in [0.25, 0.3) is 0 Å². The van der Waals surface area contributed by atoms with Crippen LogP contribution in [0.5, 0.6) is 0 Å². The van der Waals surface area contributed by atoms with Crippen molar-refractivity contribution < 1.29 is 9.53 Å². The van der Waals surface area contributed by atoms with Crippen LogP contribution >= 0.6 is 0 Å². The molecular weight excluding hydrogens is 200 g/mol. The molecule has 1 aromatic rings. The normalized spacial score (nSPS) is 8.19. The maximum absolute atomic E-state index is 8.95. The lowest BCUT2D eigenvalue weighted by molar-refractivity contribution is -0.126. The van der Waals surface area contributed by atoms with Gasteiger partial charge in [-0.1, -0.05) is 57.5 Å². The van der Waals surface area contributed by atoms with Gasteiger partial charge in [0.25, 0.3) is 6.47 Å². The zero-order valence-electron chi connectivity index (χ0n) is 11.3. The SMILES string of the molecule is CC.COC=O.Cc1ccc(C(C)C)cc1. The first-order valence-corrected chi connectivity index (χ1v) is 5.64. The predicted octanol–water partition coefficient (Wildman–Crippen LogP) is 3.93. The van der Waals surface area contributed by atoms with E-state index < -0.39 is 0 Å². The van der Waals surface area contributed by atoms with E-state index in [1.807, 2.05) is 13.8 Å². The molecule has 0 atom stereocenters. The van der Waals surface area contributed by atoms with Gasteiger partial charge in [-0.2, -0.15) is 0 Å². The number of carbonyl (C=O) groups excluding carboxylic acids is 1. The largest absolute Gasteiger partial charge is 0.471 e. The van der Waals surface area contributed by atoms with Crippen LogP contribution < -0.4 is 0 Å². The fraction of sp³-hybridized carbons (Fsp3) is 0.500. The molecule has 0 spiro atoms. The van der Waals surface area contributed by atoms with Crippen molar-refractivity contribution in [3.63, 3.8) is 0 Å². The van der Waals surface area contributed by atoms with Crippen LogP contribution in [0, 0.1) is 6.92 Å². The van der Waals surface area contributed by atoms with Crippen molar-refractivity contribution in [2.24, 2.45) is 0 Å². The molecule has 0 aromatic heterocycles. The molecule has 0 radical (unpaired) electrons. The van der Waals surface area contributed by atoms with Gasteiger partial charge in [-0.25, -0.2) is 0 Å². The molecule has 0 N–H and O–H groups in total. The molecule has 92 valence electrons. The minimum atomic E-state index is 0.375. The Bertz CT molecular complexity index is 250. The van der Waals surface area contributed by atoms with Gasteiger partial charge in [-0.15, -0.1) is 0 Å². The molecule has 0 heterocycles. The van der Waals surface area contributed by atoms with E-state index in [9.17, 15) is 0 Å². The van der Waals surface area contributed by atoms with Crippen LogP contribution in [0.4, 0.5) is 0 Å². The van der Waals surface area contributed by atoms with E-state index in [1.54, 1.807) is 0 Å². The van der Waals surface area contributed by atoms with Crippen molar-refractivity contribution in [3.05, 3.63) is 35.4 Å². The number of hydrogen-bond donors (Lipinski definition) is 0. The fourth-order valence-electron chi connectivity index (χ4n) is 0.951. The van der Waals surface area contributed by atoms with Gasteiger partial charge in [0.2, 0.25) is 0 Å². The van der Waals surface area contributed by atoms with Gasteiger partial charge < -0.3 is 4.74 Å². The third-order valence-electron chi connectivity index (χ3n) is 1.84. The minimum Gasteiger partial charge on any atom is -0.471 e. The fourth-order valence-corrected chi connectivity index (χ4v) is 0.951. The van der Waals surface area contributed by atoms with Gasteiger partial charge in [0, 0.05) is 0 Å². The van der Waals surface area contributed by atoms with E-state index in [0.717, 1.165) is 0 Å². The molecular formula is C14H24O2. The number of benzene rings is 1. The van der Waals surface area contributed by atoms with E-state index in [0.29, 0.717) is 12.4 Å². The Morgan fingerprint density at radius 2 is 1.50 bits per heavy atom. The first kappa shape index (κ1) is 17.1. The molecule has 2 heteroatoms. The van der Waals surface area contributed by atoms with E-state index in [4.69, 9.17) is 4.79 Å². The summed E-state index contributed by atoms with van der Waals surface area (Å²) in [6, 6.07) is 8.71. The molecule has 16 heavy (non-hydrogen) atoms. The lowest BCUT2D eigenvalue weighted by atomic mass is 10.0. The summed E-state index contributed by atoms with van der Waals surface area (Å²) < 4.78 is 3.86. The molecule has 2 nitrogen and oxygen atoms in total. The summed E-state index contributed by atoms with van der Waals surface area (Å²) in [5, 5.41) is 0. The maximum atomic E-state index is 8.95. The summed E-state index contributed by atoms with van der Waals surface area (Å²) in [5.74, 6) is 0.653. The van der Waals surface area contributed by atoms with Gasteiger partial charge in [-0.05, 0) is 18.4 Å². The van der Waals surface area contributed by atoms with E-state index >= 15 is 0 Å². The monoisotopic (exact) mass is 224 g/mol. The maximum Gasteiger partial charge on any atom is 0.292 e. The summed E-state index contributed by atoms with van der Waals surface area (Å²) in [6.45, 7) is 10.9. The Morgan fingerprint density at radius 1 is 1.12 bits per heavy atom. The summed E-state index contributed by atoms with van der Waals surface area (Å²) in [4.78, 5) is 8.95. The van der Waals surface area contributed by atoms with Crippen molar-refractivity contribution in [2.45, 2.75) is 40.5 Å². The molecule has 1 aromatic carbocycles. The molecule has 0 aliphatic heterocycles. The van der Waals surface area contributed by atoms with Crippen LogP contribution in [0.2, 0.25) is 0 Å². The third kappa shape index (κ3) is 9.25. The van der Waals surface area contributed by atoms with E-state index in [1.165, 1.54) is 18.2 Å². The summed E-state index contributed by atoms with van der Waals surface area (Å²) >= 11 is 0. The van der Waals surface area contributed by atoms with Gasteiger partial charge >= 0.3 is 0 Å². The Hall–Kier alpha value is -1.31. The molecule has 0 amide bonds. The second-order valence-electron chi connectivity index (χ2n) is 3.40. The van der Waals surface area contributed by atoms with Gasteiger partial charge in [0.05, 0.1) is 7.11 Å². The van der Waals surface area contributed by atoms with E-state index in [-0.39, 0.29) is 0 Å². The molecule has 0 saturated carbocycles. The second kappa shape index (κ2) is 11.8. The summed E-state index contributed by atoms with van der Waals surface area (Å²) in [7, 11) is 1.31. The summed E-state index contributed by atoms with van der Waals surface area (Å²) in [6.07, 6.45) is 0. The molecule has 0 saturated heterocycles. The Morgan fingerprint density at radius 3 is 1.75 bits per heavy atom. The van der Waals surface area contributed by atoms with Crippen molar-refractivity contribution in [3.8, 4) is 0 Å². The molecule has 0 unspecified atom stereocenters. The number of carbonyl (C=O) groups is 1. The van der Waals surface area contributed by atoms with Crippen molar-refractivity contribution >= 4 is 6.47 Å². The lowest BCUT2D eigenvalue weighted by Crippen LogP contribution is -1.85. The topological polar surface area (TPSA) is 26.3 Å². The Labute approximate surface area is 99.6 Å². The van der Waals surface area contributed by atoms with Crippen LogP contribution in [-0.4, -0.2) is 13.6 Å². The van der Waals surface area contributed by atoms with Crippen LogP contribution in [0.1, 0.15) is 44.7 Å². The zero-order chi connectivity index (χ0) is 13.0. The van der Waals surface area contributed by atoms with Crippen LogP contribution in [0.3, 0.4) is 0 Å². The first-order valence-electron chi connectivity index (χ1n) is 5.64. The molecule has 1 rings (SSSR count). The smallest absolute Gasteiger partial charge is 0.292 e. The standard InChI is InChI=1S/C10H14.C2H4O2.C2H6/c1-8(2)10-6-4-9(3)5-7-10;1-4-2-3;1-2/h4-8H,1-3H3;2H,1H3;1-2H3. The van der Waals surface area contributed by atoms with Crippen molar-refractivity contribution in [1.82, 2.24) is 0 Å². The lowest BCUT2D eigenvalue weighted by Gasteiger charge is -2.03. The number of aryl methyl sites for hydroxylation is 1. The zero-order valence-corrected chi connectivity index (χ0v) is 11.3. The quantitative estimate of drug-likeness (QED) is 0.711. The minimum absolute atomic E-state index is 0.375. The Balaban J connectivity index is 0. The van der Waals surface area contributed by atoms with Crippen molar-refractivity contribution in [2.75, 3.05) is 7.11 Å². The highest BCUT2D eigenvalue weighted by Crippen LogP contribution is 2.13. The van der Waals surface area contributed by atoms with Gasteiger partial charge in [-0.3, -0.25) is 4.79 Å². The number of methoxy groups -OCH3 is 1. The average molecular weight is 224 g/mol. The molecule has 0 aliphatic carbocycles. The van der Waals surface area contributed by atoms with Crippen molar-refractivity contribution in [1.29, 1.82) is 0 Å². The molecule has 0 bridgehead atoms. The molecule has 0 fully saturated rings. The Kier molecular flexibility index (Phi) is 12.6. The van der Waals surface area contributed by atoms with Gasteiger partial charge in [0.15, 0.2) is 0 Å². The van der Waals surface area contributed by atoms with E-state index in [2.05, 4.69) is 49.8 Å². The summed E-state index contributed by atoms with van der Waals surface area (Å²) in [5.41, 5.74) is 2.76. The average Bonchev–Trinajstić information content (AvgIpc) is 2.32. The first-order chi connectivity index (χ1) is 7.61. The number of ether oxygens (including phenoxy) is 1. The third-order valence-corrected chi connectivity index (χ3v) is 1.84. The highest BCUT2D eigenvalue weighted by molar-refractivity contribution is 5.36. The highest BCUT2D eigenvalue weighted by Gasteiger charge is 1.95.